The van der Waals surface area contributed by atoms with Crippen LogP contribution in [0.4, 0.5) is 0 Å². The Morgan fingerprint density at radius 2 is 1.33 bits per heavy atom. The van der Waals surface area contributed by atoms with Crippen molar-refractivity contribution in [3.8, 4) is 0 Å². The van der Waals surface area contributed by atoms with E-state index >= 15 is 0 Å². The summed E-state index contributed by atoms with van der Waals surface area (Å²) in [5.74, 6) is 0. The van der Waals surface area contributed by atoms with E-state index in [0.29, 0.717) is 16.2 Å². The van der Waals surface area contributed by atoms with Crippen LogP contribution in [0.5, 0.6) is 0 Å². The van der Waals surface area contributed by atoms with Crippen LogP contribution < -0.4 is 0 Å². The minimum atomic E-state index is 0.125. The van der Waals surface area contributed by atoms with E-state index in [2.05, 4.69) is 68.7 Å². The summed E-state index contributed by atoms with van der Waals surface area (Å²) in [4.78, 5) is 0. The predicted molar refractivity (Wildman–Crippen MR) is 89.1 cm³/mol. The van der Waals surface area contributed by atoms with E-state index in [-0.39, 0.29) is 7.92 Å². The first-order valence-corrected chi connectivity index (χ1v) is 9.78. The predicted octanol–water partition coefficient (Wildman–Crippen LogP) is 6.39. The van der Waals surface area contributed by atoms with Gasteiger partial charge in [0, 0.05) is 0 Å². The molecule has 0 aromatic carbocycles. The van der Waals surface area contributed by atoms with Crippen molar-refractivity contribution in [3.63, 3.8) is 0 Å². The van der Waals surface area contributed by atoms with Crippen molar-refractivity contribution in [1.82, 2.24) is 0 Å². The fourth-order valence-electron chi connectivity index (χ4n) is 3.31. The van der Waals surface area contributed by atoms with Gasteiger partial charge in [-0.3, -0.25) is 0 Å². The number of rotatable bonds is 6. The third-order valence-electron chi connectivity index (χ3n) is 4.21. The van der Waals surface area contributed by atoms with Gasteiger partial charge < -0.3 is 0 Å². The Morgan fingerprint density at radius 1 is 0.889 bits per heavy atom. The van der Waals surface area contributed by atoms with Gasteiger partial charge in [0.2, 0.25) is 0 Å². The first-order chi connectivity index (χ1) is 7.81. The van der Waals surface area contributed by atoms with Crippen LogP contribution in [-0.4, -0.2) is 19.0 Å². The van der Waals surface area contributed by atoms with Gasteiger partial charge in [-0.15, -0.1) is 7.92 Å². The highest BCUT2D eigenvalue weighted by Gasteiger charge is 2.37. The Morgan fingerprint density at radius 3 is 1.61 bits per heavy atom. The van der Waals surface area contributed by atoms with Crippen LogP contribution in [0, 0.1) is 16.2 Å². The second kappa shape index (κ2) is 6.25. The van der Waals surface area contributed by atoms with Crippen LogP contribution in [0.1, 0.15) is 74.7 Å². The molecule has 0 bridgehead atoms. The lowest BCUT2D eigenvalue weighted by Gasteiger charge is -2.44. The summed E-state index contributed by atoms with van der Waals surface area (Å²) in [5.41, 5.74) is 2.26. The molecule has 0 aliphatic rings. The highest BCUT2D eigenvalue weighted by molar-refractivity contribution is 7.56. The molecule has 0 aliphatic carbocycles. The van der Waals surface area contributed by atoms with Gasteiger partial charge in [0.15, 0.2) is 0 Å². The van der Waals surface area contributed by atoms with Crippen LogP contribution in [-0.2, 0) is 0 Å². The van der Waals surface area contributed by atoms with E-state index < -0.39 is 0 Å². The maximum absolute atomic E-state index is 2.50. The first kappa shape index (κ1) is 18.4. The first-order valence-electron chi connectivity index (χ1n) is 7.47. The molecule has 0 spiro atoms. The van der Waals surface area contributed by atoms with Crippen molar-refractivity contribution in [2.45, 2.75) is 80.3 Å². The topological polar surface area (TPSA) is 0 Å². The van der Waals surface area contributed by atoms with Crippen molar-refractivity contribution in [1.29, 1.82) is 0 Å². The molecule has 0 aliphatic heterocycles. The van der Waals surface area contributed by atoms with E-state index in [9.17, 15) is 0 Å². The molecule has 0 nitrogen and oxygen atoms in total. The average molecular weight is 272 g/mol. The molecule has 1 heteroatoms. The standard InChI is InChI=1S/C17H37P/c1-11-16(5,6)12-14(18(9)10)17(7,8)13-15(2,3)4/h14H,11-13H2,1-10H3. The highest BCUT2D eigenvalue weighted by atomic mass is 31.1. The maximum Gasteiger partial charge on any atom is -0.0157 e. The minimum absolute atomic E-state index is 0.125. The molecule has 0 aromatic heterocycles. The fraction of sp³-hybridized carbons (Fsp3) is 1.00. The summed E-state index contributed by atoms with van der Waals surface area (Å²) in [5, 5.41) is 0. The van der Waals surface area contributed by atoms with Crippen LogP contribution in [0.15, 0.2) is 0 Å². The lowest BCUT2D eigenvalue weighted by atomic mass is 9.70. The summed E-state index contributed by atoms with van der Waals surface area (Å²) in [6.45, 7) is 24.3. The molecule has 0 radical (unpaired) electrons. The fourth-order valence-corrected chi connectivity index (χ4v) is 5.66. The molecule has 0 rings (SSSR count). The second-order valence-electron chi connectivity index (χ2n) is 8.93. The lowest BCUT2D eigenvalue weighted by Crippen LogP contribution is -2.35. The molecule has 0 saturated heterocycles. The Hall–Kier alpha value is 0.430. The highest BCUT2D eigenvalue weighted by Crippen LogP contribution is 2.52. The van der Waals surface area contributed by atoms with E-state index in [1.807, 2.05) is 0 Å². The third-order valence-corrected chi connectivity index (χ3v) is 6.34. The summed E-state index contributed by atoms with van der Waals surface area (Å²) >= 11 is 0. The van der Waals surface area contributed by atoms with Gasteiger partial charge in [-0.25, -0.2) is 0 Å². The van der Waals surface area contributed by atoms with Crippen molar-refractivity contribution < 1.29 is 0 Å². The van der Waals surface area contributed by atoms with Gasteiger partial charge in [-0.05, 0) is 48.1 Å². The molecule has 110 valence electrons. The Bertz CT molecular complexity index is 243. The average Bonchev–Trinajstić information content (AvgIpc) is 2.10. The normalized spacial score (nSPS) is 16.2. The number of hydrogen-bond donors (Lipinski definition) is 0. The quantitative estimate of drug-likeness (QED) is 0.492. The van der Waals surface area contributed by atoms with Gasteiger partial charge in [-0.2, -0.15) is 0 Å². The van der Waals surface area contributed by atoms with E-state index in [1.54, 1.807) is 0 Å². The largest absolute Gasteiger partial charge is 0.109 e. The van der Waals surface area contributed by atoms with E-state index in [0.717, 1.165) is 5.66 Å². The third kappa shape index (κ3) is 6.55. The van der Waals surface area contributed by atoms with E-state index in [4.69, 9.17) is 0 Å². The van der Waals surface area contributed by atoms with Crippen LogP contribution in [0.3, 0.4) is 0 Å². The van der Waals surface area contributed by atoms with Gasteiger partial charge in [0.1, 0.15) is 0 Å². The molecule has 0 aromatic rings. The van der Waals surface area contributed by atoms with Crippen LogP contribution in [0.2, 0.25) is 0 Å². The molecular formula is C17H37P. The summed E-state index contributed by atoms with van der Waals surface area (Å²) in [6, 6.07) is 0. The monoisotopic (exact) mass is 272 g/mol. The molecular weight excluding hydrogens is 235 g/mol. The Labute approximate surface area is 118 Å². The lowest BCUT2D eigenvalue weighted by molar-refractivity contribution is 0.172. The molecule has 0 amide bonds. The summed E-state index contributed by atoms with van der Waals surface area (Å²) in [7, 11) is 0.125. The smallest absolute Gasteiger partial charge is 0.0157 e. The molecule has 0 heterocycles. The van der Waals surface area contributed by atoms with Crippen LogP contribution >= 0.6 is 7.92 Å². The van der Waals surface area contributed by atoms with Crippen molar-refractivity contribution in [2.24, 2.45) is 16.2 Å². The van der Waals surface area contributed by atoms with Crippen molar-refractivity contribution in [2.75, 3.05) is 13.3 Å². The SMILES string of the molecule is CCC(C)(C)CC(P(C)C)C(C)(C)CC(C)(C)C. The van der Waals surface area contributed by atoms with Crippen molar-refractivity contribution in [3.05, 3.63) is 0 Å². The minimum Gasteiger partial charge on any atom is -0.109 e. The zero-order valence-corrected chi connectivity index (χ0v) is 15.5. The zero-order valence-electron chi connectivity index (χ0n) is 14.6. The second-order valence-corrected chi connectivity index (χ2v) is 11.5. The van der Waals surface area contributed by atoms with Gasteiger partial charge >= 0.3 is 0 Å². The number of hydrogen-bond acceptors (Lipinski definition) is 0. The molecule has 1 atom stereocenters. The molecule has 0 N–H and O–H groups in total. The molecule has 1 unspecified atom stereocenters. The van der Waals surface area contributed by atoms with E-state index in [1.165, 1.54) is 19.3 Å². The summed E-state index contributed by atoms with van der Waals surface area (Å²) in [6.07, 6.45) is 3.99. The van der Waals surface area contributed by atoms with Gasteiger partial charge in [-0.1, -0.05) is 61.8 Å². The Kier molecular flexibility index (Phi) is 6.40. The molecule has 0 fully saturated rings. The molecule has 0 saturated carbocycles. The van der Waals surface area contributed by atoms with Crippen LogP contribution in [0.25, 0.3) is 0 Å². The van der Waals surface area contributed by atoms with Gasteiger partial charge in [0.25, 0.3) is 0 Å². The molecule has 18 heavy (non-hydrogen) atoms. The summed E-state index contributed by atoms with van der Waals surface area (Å²) < 4.78 is 0. The zero-order chi connectivity index (χ0) is 14.8. The maximum atomic E-state index is 2.50. The van der Waals surface area contributed by atoms with Crippen molar-refractivity contribution >= 4 is 7.92 Å². The van der Waals surface area contributed by atoms with Gasteiger partial charge in [0.05, 0.1) is 0 Å². The Balaban J connectivity index is 5.00.